The molecule has 1 saturated heterocycles. The Labute approximate surface area is 148 Å². The van der Waals surface area contributed by atoms with Gasteiger partial charge in [-0.05, 0) is 49.6 Å². The Morgan fingerprint density at radius 3 is 2.64 bits per heavy atom. The Morgan fingerprint density at radius 2 is 1.92 bits per heavy atom. The van der Waals surface area contributed by atoms with Crippen molar-refractivity contribution in [2.24, 2.45) is 0 Å². The molecule has 1 atom stereocenters. The summed E-state index contributed by atoms with van der Waals surface area (Å²) >= 11 is 0. The number of fused-ring (bicyclic) bond motifs is 2. The van der Waals surface area contributed by atoms with Crippen molar-refractivity contribution in [2.45, 2.75) is 37.8 Å². The number of methoxy groups -OCH3 is 1. The summed E-state index contributed by atoms with van der Waals surface area (Å²) in [5.74, 6) is 0.906. The molecule has 4 rings (SSSR count). The van der Waals surface area contributed by atoms with Gasteiger partial charge < -0.3 is 10.1 Å². The van der Waals surface area contributed by atoms with Crippen molar-refractivity contribution in [1.82, 2.24) is 4.90 Å². The Hall–Kier alpha value is -2.33. The maximum Gasteiger partial charge on any atom is 0.237 e. The third-order valence-electron chi connectivity index (χ3n) is 6.13. The van der Waals surface area contributed by atoms with E-state index in [1.54, 1.807) is 7.11 Å². The largest absolute Gasteiger partial charge is 0.497 e. The lowest BCUT2D eigenvalue weighted by atomic mass is 9.67. The molecule has 1 spiro atoms. The number of ether oxygens (including phenoxy) is 1. The van der Waals surface area contributed by atoms with E-state index in [1.165, 1.54) is 5.56 Å². The van der Waals surface area contributed by atoms with Crippen molar-refractivity contribution in [3.8, 4) is 5.75 Å². The second-order valence-corrected chi connectivity index (χ2v) is 7.49. The number of benzene rings is 2. The molecular formula is C21H24N2O2. The van der Waals surface area contributed by atoms with Crippen LogP contribution >= 0.6 is 0 Å². The van der Waals surface area contributed by atoms with Crippen LogP contribution in [0.4, 0.5) is 5.69 Å². The van der Waals surface area contributed by atoms with Crippen LogP contribution in [0.2, 0.25) is 0 Å². The molecule has 0 bridgehead atoms. The van der Waals surface area contributed by atoms with Gasteiger partial charge in [-0.2, -0.15) is 0 Å². The van der Waals surface area contributed by atoms with Crippen LogP contribution in [0, 0.1) is 0 Å². The third-order valence-corrected chi connectivity index (χ3v) is 6.13. The molecule has 1 fully saturated rings. The molecule has 130 valence electrons. The van der Waals surface area contributed by atoms with Gasteiger partial charge >= 0.3 is 0 Å². The van der Waals surface area contributed by atoms with Crippen molar-refractivity contribution in [2.75, 3.05) is 19.0 Å². The number of hydrogen-bond acceptors (Lipinski definition) is 3. The lowest BCUT2D eigenvalue weighted by Crippen LogP contribution is -2.54. The smallest absolute Gasteiger partial charge is 0.237 e. The molecule has 2 aliphatic heterocycles. The molecule has 2 aliphatic rings. The number of anilines is 1. The molecule has 25 heavy (non-hydrogen) atoms. The minimum Gasteiger partial charge on any atom is -0.497 e. The first kappa shape index (κ1) is 16.2. The summed E-state index contributed by atoms with van der Waals surface area (Å²) in [6.07, 6.45) is 0.818. The third kappa shape index (κ3) is 2.20. The van der Waals surface area contributed by atoms with E-state index in [9.17, 15) is 4.79 Å². The van der Waals surface area contributed by atoms with E-state index in [1.807, 2.05) is 24.3 Å². The summed E-state index contributed by atoms with van der Waals surface area (Å²) in [6.45, 7) is 6.13. The average molecular weight is 336 g/mol. The number of likely N-dealkylation sites (tertiary alicyclic amines) is 1. The topological polar surface area (TPSA) is 41.6 Å². The van der Waals surface area contributed by atoms with Crippen molar-refractivity contribution < 1.29 is 9.53 Å². The Balaban J connectivity index is 1.75. The van der Waals surface area contributed by atoms with Crippen molar-refractivity contribution in [1.29, 1.82) is 0 Å². The molecule has 0 radical (unpaired) electrons. The van der Waals surface area contributed by atoms with E-state index in [-0.39, 0.29) is 11.4 Å². The fourth-order valence-electron chi connectivity index (χ4n) is 4.56. The SMILES string of the molecule is COc1ccc2c(c1)C1(CCN(Cc3ccccc3)C1(C)C)C(=O)N2. The van der Waals surface area contributed by atoms with Gasteiger partial charge in [0, 0.05) is 24.3 Å². The monoisotopic (exact) mass is 336 g/mol. The van der Waals surface area contributed by atoms with Crippen LogP contribution in [0.3, 0.4) is 0 Å². The van der Waals surface area contributed by atoms with Crippen LogP contribution in [0.25, 0.3) is 0 Å². The molecule has 2 aromatic carbocycles. The lowest BCUT2D eigenvalue weighted by Gasteiger charge is -2.42. The van der Waals surface area contributed by atoms with E-state index in [2.05, 4.69) is 48.3 Å². The normalized spacial score (nSPS) is 24.4. The molecule has 4 heteroatoms. The molecular weight excluding hydrogens is 312 g/mol. The molecule has 0 aliphatic carbocycles. The highest BCUT2D eigenvalue weighted by molar-refractivity contribution is 6.07. The number of rotatable bonds is 3. The summed E-state index contributed by atoms with van der Waals surface area (Å²) in [5, 5.41) is 3.10. The van der Waals surface area contributed by atoms with Gasteiger partial charge in [0.1, 0.15) is 5.75 Å². The van der Waals surface area contributed by atoms with Gasteiger partial charge in [-0.25, -0.2) is 0 Å². The number of amides is 1. The lowest BCUT2D eigenvalue weighted by molar-refractivity contribution is -0.123. The number of nitrogens with one attached hydrogen (secondary N) is 1. The van der Waals surface area contributed by atoms with E-state index in [4.69, 9.17) is 4.74 Å². The number of nitrogens with zero attached hydrogens (tertiary/aromatic N) is 1. The van der Waals surface area contributed by atoms with E-state index in [0.717, 1.165) is 36.5 Å². The Kier molecular flexibility index (Phi) is 3.62. The van der Waals surface area contributed by atoms with E-state index in [0.29, 0.717) is 0 Å². The van der Waals surface area contributed by atoms with Gasteiger partial charge in [0.05, 0.1) is 12.5 Å². The zero-order chi connectivity index (χ0) is 17.7. The molecule has 0 aromatic heterocycles. The molecule has 0 saturated carbocycles. The van der Waals surface area contributed by atoms with Crippen LogP contribution in [-0.4, -0.2) is 30.0 Å². The first-order valence-electron chi connectivity index (χ1n) is 8.78. The highest BCUT2D eigenvalue weighted by atomic mass is 16.5. The number of hydrogen-bond donors (Lipinski definition) is 1. The van der Waals surface area contributed by atoms with Gasteiger partial charge in [0.15, 0.2) is 0 Å². The van der Waals surface area contributed by atoms with Gasteiger partial charge in [0.2, 0.25) is 5.91 Å². The highest BCUT2D eigenvalue weighted by Crippen LogP contribution is 2.54. The van der Waals surface area contributed by atoms with E-state index >= 15 is 0 Å². The molecule has 1 unspecified atom stereocenters. The summed E-state index contributed by atoms with van der Waals surface area (Å²) in [5.41, 5.74) is 2.44. The molecule has 4 nitrogen and oxygen atoms in total. The fraction of sp³-hybridized carbons (Fsp3) is 0.381. The number of carbonyl (C=O) groups excluding carboxylic acids is 1. The maximum absolute atomic E-state index is 13.1. The van der Waals surface area contributed by atoms with Crippen LogP contribution in [-0.2, 0) is 16.8 Å². The summed E-state index contributed by atoms with van der Waals surface area (Å²) in [6, 6.07) is 16.3. The second-order valence-electron chi connectivity index (χ2n) is 7.49. The predicted molar refractivity (Wildman–Crippen MR) is 98.8 cm³/mol. The second kappa shape index (κ2) is 5.60. The predicted octanol–water partition coefficient (Wildman–Crippen LogP) is 3.57. The van der Waals surface area contributed by atoms with Crippen molar-refractivity contribution >= 4 is 11.6 Å². The standard InChI is InChI=1S/C21H24N2O2/c1-20(2)21(11-12-23(20)14-15-7-5-4-6-8-15)17-13-16(25-3)9-10-18(17)22-19(21)24/h4-10,13H,11-12,14H2,1-3H3,(H,22,24). The summed E-state index contributed by atoms with van der Waals surface area (Å²) < 4.78 is 5.42. The van der Waals surface area contributed by atoms with Crippen LogP contribution < -0.4 is 10.1 Å². The van der Waals surface area contributed by atoms with Gasteiger partial charge in [-0.15, -0.1) is 0 Å². The molecule has 1 amide bonds. The first-order valence-corrected chi connectivity index (χ1v) is 8.78. The van der Waals surface area contributed by atoms with Gasteiger partial charge in [-0.3, -0.25) is 9.69 Å². The summed E-state index contributed by atoms with van der Waals surface area (Å²) in [7, 11) is 1.67. The summed E-state index contributed by atoms with van der Waals surface area (Å²) in [4.78, 5) is 15.5. The maximum atomic E-state index is 13.1. The van der Waals surface area contributed by atoms with Crippen LogP contribution in [0.5, 0.6) is 5.75 Å². The average Bonchev–Trinajstić information content (AvgIpc) is 3.05. The molecule has 1 N–H and O–H groups in total. The zero-order valence-electron chi connectivity index (χ0n) is 15.0. The molecule has 2 heterocycles. The van der Waals surface area contributed by atoms with Crippen molar-refractivity contribution in [3.63, 3.8) is 0 Å². The fourth-order valence-corrected chi connectivity index (χ4v) is 4.56. The number of carbonyl (C=O) groups is 1. The first-order chi connectivity index (χ1) is 12.0. The Morgan fingerprint density at radius 1 is 1.16 bits per heavy atom. The quantitative estimate of drug-likeness (QED) is 0.932. The Bertz CT molecular complexity index is 816. The van der Waals surface area contributed by atoms with Crippen LogP contribution in [0.1, 0.15) is 31.4 Å². The highest BCUT2D eigenvalue weighted by Gasteiger charge is 2.62. The minimum atomic E-state index is -0.536. The van der Waals surface area contributed by atoms with E-state index < -0.39 is 5.41 Å². The van der Waals surface area contributed by atoms with Crippen molar-refractivity contribution in [3.05, 3.63) is 59.7 Å². The molecule has 2 aromatic rings. The minimum absolute atomic E-state index is 0.108. The zero-order valence-corrected chi connectivity index (χ0v) is 15.0. The van der Waals surface area contributed by atoms with Crippen LogP contribution in [0.15, 0.2) is 48.5 Å². The van der Waals surface area contributed by atoms with Gasteiger partial charge in [0.25, 0.3) is 0 Å². The van der Waals surface area contributed by atoms with Gasteiger partial charge in [-0.1, -0.05) is 30.3 Å².